The molecule has 2 aromatic carbocycles. The zero-order valence-corrected chi connectivity index (χ0v) is 17.8. The molecule has 2 aromatic rings. The SMILES string of the molecule is O=C1CCN(c2cccc(-c3ccc(N4CCCN(CC(F)F)C4=O)cc3)c2Cl)C(=O)N1. The van der Waals surface area contributed by atoms with Crippen LogP contribution in [0.5, 0.6) is 0 Å². The molecule has 5 amide bonds. The highest BCUT2D eigenvalue weighted by Gasteiger charge is 2.29. The molecule has 2 saturated heterocycles. The van der Waals surface area contributed by atoms with Crippen LogP contribution in [0, 0.1) is 0 Å². The molecule has 10 heteroatoms. The van der Waals surface area contributed by atoms with Gasteiger partial charge in [0.25, 0.3) is 6.43 Å². The van der Waals surface area contributed by atoms with Gasteiger partial charge in [-0.05, 0) is 30.2 Å². The number of urea groups is 2. The molecule has 0 bridgehead atoms. The first-order valence-electron chi connectivity index (χ1n) is 10.2. The molecule has 0 spiro atoms. The number of nitrogens with one attached hydrogen (secondary N) is 1. The molecule has 2 aliphatic heterocycles. The summed E-state index contributed by atoms with van der Waals surface area (Å²) in [7, 11) is 0. The summed E-state index contributed by atoms with van der Waals surface area (Å²) in [6.45, 7) is 0.428. The summed E-state index contributed by atoms with van der Waals surface area (Å²) < 4.78 is 25.5. The minimum Gasteiger partial charge on any atom is -0.319 e. The fourth-order valence-corrected chi connectivity index (χ4v) is 4.26. The van der Waals surface area contributed by atoms with Crippen LogP contribution in [0.3, 0.4) is 0 Å². The van der Waals surface area contributed by atoms with Crippen LogP contribution in [0.2, 0.25) is 5.02 Å². The monoisotopic (exact) mass is 462 g/mol. The Morgan fingerprint density at radius 1 is 0.969 bits per heavy atom. The van der Waals surface area contributed by atoms with Gasteiger partial charge in [-0.3, -0.25) is 19.9 Å². The molecule has 2 aliphatic rings. The number of amides is 5. The summed E-state index contributed by atoms with van der Waals surface area (Å²) in [6.07, 6.45) is -1.78. The number of halogens is 3. The molecule has 4 rings (SSSR count). The van der Waals surface area contributed by atoms with E-state index in [-0.39, 0.29) is 18.9 Å². The normalized spacial score (nSPS) is 17.2. The number of hydrogen-bond acceptors (Lipinski definition) is 3. The Kier molecular flexibility index (Phi) is 6.27. The van der Waals surface area contributed by atoms with Crippen LogP contribution < -0.4 is 15.1 Å². The predicted molar refractivity (Wildman–Crippen MR) is 117 cm³/mol. The first kappa shape index (κ1) is 22.0. The van der Waals surface area contributed by atoms with E-state index in [1.807, 2.05) is 6.07 Å². The minimum absolute atomic E-state index is 0.188. The van der Waals surface area contributed by atoms with E-state index in [1.165, 1.54) is 9.80 Å². The molecule has 0 radical (unpaired) electrons. The third-order valence-corrected chi connectivity index (χ3v) is 5.88. The second kappa shape index (κ2) is 9.12. The molecule has 0 unspecified atom stereocenters. The number of hydrogen-bond donors (Lipinski definition) is 1. The van der Waals surface area contributed by atoms with Crippen LogP contribution in [-0.2, 0) is 4.79 Å². The fraction of sp³-hybridized carbons (Fsp3) is 0.318. The van der Waals surface area contributed by atoms with Crippen molar-refractivity contribution in [2.24, 2.45) is 0 Å². The number of anilines is 2. The highest BCUT2D eigenvalue weighted by Crippen LogP contribution is 2.37. The van der Waals surface area contributed by atoms with E-state index < -0.39 is 25.0 Å². The van der Waals surface area contributed by atoms with Gasteiger partial charge in [0.2, 0.25) is 5.91 Å². The zero-order valence-electron chi connectivity index (χ0n) is 17.1. The lowest BCUT2D eigenvalue weighted by Crippen LogP contribution is -2.50. The number of carbonyl (C=O) groups excluding carboxylic acids is 3. The number of benzene rings is 2. The molecular formula is C22H21ClF2N4O3. The van der Waals surface area contributed by atoms with Gasteiger partial charge in [0.15, 0.2) is 0 Å². The Morgan fingerprint density at radius 2 is 1.72 bits per heavy atom. The smallest absolute Gasteiger partial charge is 0.319 e. The number of nitrogens with zero attached hydrogens (tertiary/aromatic N) is 3. The summed E-state index contributed by atoms with van der Waals surface area (Å²) in [4.78, 5) is 40.3. The van der Waals surface area contributed by atoms with Crippen molar-refractivity contribution in [3.8, 4) is 11.1 Å². The summed E-state index contributed by atoms with van der Waals surface area (Å²) in [6, 6.07) is 11.4. The molecule has 7 nitrogen and oxygen atoms in total. The van der Waals surface area contributed by atoms with Crippen molar-refractivity contribution in [1.29, 1.82) is 0 Å². The van der Waals surface area contributed by atoms with Gasteiger partial charge in [-0.25, -0.2) is 18.4 Å². The van der Waals surface area contributed by atoms with Crippen LogP contribution in [-0.4, -0.2) is 55.5 Å². The van der Waals surface area contributed by atoms with Crippen molar-refractivity contribution in [3.05, 3.63) is 47.5 Å². The number of rotatable bonds is 5. The average Bonchev–Trinajstić information content (AvgIpc) is 2.76. The van der Waals surface area contributed by atoms with Crippen molar-refractivity contribution in [2.75, 3.05) is 36.0 Å². The first-order valence-corrected chi connectivity index (χ1v) is 10.6. The highest BCUT2D eigenvalue weighted by atomic mass is 35.5. The minimum atomic E-state index is -2.57. The largest absolute Gasteiger partial charge is 0.328 e. The predicted octanol–water partition coefficient (Wildman–Crippen LogP) is 4.35. The van der Waals surface area contributed by atoms with E-state index in [0.29, 0.717) is 41.5 Å². The van der Waals surface area contributed by atoms with Gasteiger partial charge in [-0.15, -0.1) is 0 Å². The quantitative estimate of drug-likeness (QED) is 0.718. The lowest BCUT2D eigenvalue weighted by molar-refractivity contribution is -0.120. The lowest BCUT2D eigenvalue weighted by atomic mass is 10.0. The average molecular weight is 463 g/mol. The molecule has 32 heavy (non-hydrogen) atoms. The maximum Gasteiger partial charge on any atom is 0.328 e. The van der Waals surface area contributed by atoms with E-state index in [4.69, 9.17) is 11.6 Å². The number of carbonyl (C=O) groups is 3. The summed E-state index contributed by atoms with van der Waals surface area (Å²) in [5.74, 6) is -0.325. The van der Waals surface area contributed by atoms with Gasteiger partial charge in [0, 0.05) is 37.3 Å². The number of imide groups is 1. The second-order valence-electron chi connectivity index (χ2n) is 7.57. The summed E-state index contributed by atoms with van der Waals surface area (Å²) in [5.41, 5.74) is 2.55. The molecule has 168 valence electrons. The van der Waals surface area contributed by atoms with E-state index in [2.05, 4.69) is 5.32 Å². The van der Waals surface area contributed by atoms with Gasteiger partial charge in [-0.1, -0.05) is 35.9 Å². The van der Waals surface area contributed by atoms with E-state index in [9.17, 15) is 23.2 Å². The van der Waals surface area contributed by atoms with Gasteiger partial charge in [0.1, 0.15) is 0 Å². The Hall–Kier alpha value is -3.20. The lowest BCUT2D eigenvalue weighted by Gasteiger charge is -2.35. The number of alkyl halides is 2. The van der Waals surface area contributed by atoms with Crippen LogP contribution in [0.4, 0.5) is 29.7 Å². The van der Waals surface area contributed by atoms with Crippen LogP contribution in [0.15, 0.2) is 42.5 Å². The zero-order chi connectivity index (χ0) is 22.8. The molecule has 0 atom stereocenters. The second-order valence-corrected chi connectivity index (χ2v) is 7.94. The van der Waals surface area contributed by atoms with E-state index in [1.54, 1.807) is 36.4 Å². The standard InChI is InChI=1S/C22H21ClF2N4O3/c23-20-16(3-1-4-17(20)29-12-9-19(30)26-21(29)31)14-5-7-15(8-6-14)28-11-2-10-27(22(28)32)13-18(24)25/h1,3-8,18H,2,9-13H2,(H,26,30,31). The fourth-order valence-electron chi connectivity index (χ4n) is 3.92. The summed E-state index contributed by atoms with van der Waals surface area (Å²) in [5, 5.41) is 2.64. The molecule has 1 N–H and O–H groups in total. The van der Waals surface area contributed by atoms with Crippen LogP contribution >= 0.6 is 11.6 Å². The third-order valence-electron chi connectivity index (χ3n) is 5.48. The maximum atomic E-state index is 12.7. The highest BCUT2D eigenvalue weighted by molar-refractivity contribution is 6.36. The molecular weight excluding hydrogens is 442 g/mol. The van der Waals surface area contributed by atoms with Crippen LogP contribution in [0.1, 0.15) is 12.8 Å². The first-order chi connectivity index (χ1) is 15.3. The molecule has 0 saturated carbocycles. The van der Waals surface area contributed by atoms with Crippen molar-refractivity contribution in [2.45, 2.75) is 19.3 Å². The topological polar surface area (TPSA) is 73.0 Å². The Labute approximate surface area is 188 Å². The van der Waals surface area contributed by atoms with Gasteiger partial charge >= 0.3 is 12.1 Å². The summed E-state index contributed by atoms with van der Waals surface area (Å²) >= 11 is 6.61. The van der Waals surface area contributed by atoms with E-state index >= 15 is 0 Å². The Bertz CT molecular complexity index is 1050. The maximum absolute atomic E-state index is 12.7. The third kappa shape index (κ3) is 4.38. The Morgan fingerprint density at radius 3 is 2.41 bits per heavy atom. The van der Waals surface area contributed by atoms with Crippen molar-refractivity contribution in [3.63, 3.8) is 0 Å². The molecule has 2 heterocycles. The van der Waals surface area contributed by atoms with Gasteiger partial charge in [0.05, 0.1) is 17.3 Å². The molecule has 0 aromatic heterocycles. The van der Waals surface area contributed by atoms with Crippen molar-refractivity contribution < 1.29 is 23.2 Å². The van der Waals surface area contributed by atoms with Gasteiger partial charge in [-0.2, -0.15) is 0 Å². The van der Waals surface area contributed by atoms with Crippen molar-refractivity contribution in [1.82, 2.24) is 10.2 Å². The Balaban J connectivity index is 1.56. The van der Waals surface area contributed by atoms with Gasteiger partial charge < -0.3 is 4.90 Å². The van der Waals surface area contributed by atoms with Crippen LogP contribution in [0.25, 0.3) is 11.1 Å². The molecule has 2 fully saturated rings. The van der Waals surface area contributed by atoms with Crippen molar-refractivity contribution >= 4 is 40.9 Å². The van der Waals surface area contributed by atoms with E-state index in [0.717, 1.165) is 10.5 Å². The molecule has 0 aliphatic carbocycles.